The number of carbonyl (C=O) groups is 1. The lowest BCUT2D eigenvalue weighted by molar-refractivity contribution is -0.120. The van der Waals surface area contributed by atoms with Crippen LogP contribution >= 0.6 is 33.9 Å². The lowest BCUT2D eigenvalue weighted by Gasteiger charge is -2.10. The summed E-state index contributed by atoms with van der Waals surface area (Å²) in [4.78, 5) is 10.8. The molecule has 0 aliphatic carbocycles. The topological polar surface area (TPSA) is 72.5 Å². The molecule has 9 heteroatoms. The maximum atomic E-state index is 11.2. The van der Waals surface area contributed by atoms with Gasteiger partial charge < -0.3 is 10.1 Å². The zero-order valence-electron chi connectivity index (χ0n) is 10.5. The van der Waals surface area contributed by atoms with Gasteiger partial charge in [0.15, 0.2) is 5.75 Å². The number of carbonyl (C=O) groups excluding carboxylic acids is 1. The van der Waals surface area contributed by atoms with E-state index < -0.39 is 9.05 Å². The Morgan fingerprint density at radius 3 is 2.30 bits per heavy atom. The second-order valence-electron chi connectivity index (χ2n) is 3.78. The van der Waals surface area contributed by atoms with Crippen molar-refractivity contribution in [3.8, 4) is 5.75 Å². The van der Waals surface area contributed by atoms with E-state index in [1.807, 2.05) is 0 Å². The molecule has 0 heterocycles. The summed E-state index contributed by atoms with van der Waals surface area (Å²) in [7, 11) is 2.84. The van der Waals surface area contributed by atoms with Gasteiger partial charge >= 0.3 is 0 Å². The summed E-state index contributed by atoms with van der Waals surface area (Å²) in [5.74, 6) is 0.0590. The van der Waals surface area contributed by atoms with Crippen LogP contribution in [0, 0.1) is 0 Å². The van der Waals surface area contributed by atoms with E-state index in [9.17, 15) is 13.2 Å². The van der Waals surface area contributed by atoms with Crippen molar-refractivity contribution < 1.29 is 17.9 Å². The molecule has 112 valence electrons. The van der Waals surface area contributed by atoms with E-state index in [4.69, 9.17) is 38.6 Å². The van der Waals surface area contributed by atoms with Gasteiger partial charge in [0.2, 0.25) is 5.91 Å². The summed E-state index contributed by atoms with van der Waals surface area (Å²) in [6, 6.07) is 2.31. The van der Waals surface area contributed by atoms with Gasteiger partial charge in [0.25, 0.3) is 9.05 Å². The molecular formula is C11H12Cl3NO4S. The van der Waals surface area contributed by atoms with Gasteiger partial charge in [0.05, 0.1) is 21.5 Å². The van der Waals surface area contributed by atoms with Gasteiger partial charge in [-0.2, -0.15) is 0 Å². The highest BCUT2D eigenvalue weighted by Crippen LogP contribution is 2.36. The summed E-state index contributed by atoms with van der Waals surface area (Å²) < 4.78 is 27.7. The van der Waals surface area contributed by atoms with Crippen molar-refractivity contribution >= 4 is 48.8 Å². The highest BCUT2D eigenvalue weighted by Gasteiger charge is 2.17. The fraction of sp³-hybridized carbons (Fsp3) is 0.364. The normalized spacial score (nSPS) is 11.2. The van der Waals surface area contributed by atoms with E-state index in [1.165, 1.54) is 0 Å². The number of hydrogen-bond acceptors (Lipinski definition) is 4. The Kier molecular flexibility index (Phi) is 6.39. The Balaban J connectivity index is 2.75. The first-order valence-electron chi connectivity index (χ1n) is 5.52. The molecule has 1 aromatic rings. The van der Waals surface area contributed by atoms with E-state index in [0.717, 1.165) is 12.1 Å². The first kappa shape index (κ1) is 17.4. The van der Waals surface area contributed by atoms with Crippen molar-refractivity contribution in [2.75, 3.05) is 13.7 Å². The summed E-state index contributed by atoms with van der Waals surface area (Å²) in [5, 5.41) is 2.56. The van der Waals surface area contributed by atoms with Crippen molar-refractivity contribution in [1.29, 1.82) is 0 Å². The Bertz CT molecular complexity index is 581. The fourth-order valence-electron chi connectivity index (χ4n) is 1.35. The van der Waals surface area contributed by atoms with Crippen LogP contribution in [0.2, 0.25) is 10.0 Å². The lowest BCUT2D eigenvalue weighted by atomic mass is 10.3. The number of ether oxygens (including phenoxy) is 1. The molecule has 1 N–H and O–H groups in total. The molecule has 0 aliphatic rings. The van der Waals surface area contributed by atoms with Gasteiger partial charge in [-0.3, -0.25) is 4.79 Å². The number of amides is 1. The molecule has 1 amide bonds. The minimum absolute atomic E-state index is 0.0386. The zero-order valence-corrected chi connectivity index (χ0v) is 13.5. The smallest absolute Gasteiger partial charge is 0.261 e. The van der Waals surface area contributed by atoms with E-state index in [1.54, 1.807) is 7.05 Å². The highest BCUT2D eigenvalue weighted by molar-refractivity contribution is 8.13. The molecule has 1 rings (SSSR count). The van der Waals surface area contributed by atoms with Crippen LogP contribution in [-0.4, -0.2) is 28.0 Å². The predicted molar refractivity (Wildman–Crippen MR) is 78.3 cm³/mol. The van der Waals surface area contributed by atoms with Crippen LogP contribution in [0.25, 0.3) is 0 Å². The summed E-state index contributed by atoms with van der Waals surface area (Å²) in [6.07, 6.45) is 0.780. The van der Waals surface area contributed by atoms with Crippen LogP contribution < -0.4 is 10.1 Å². The standard InChI is InChI=1S/C11H12Cl3NO4S/c1-15-10(16)3-2-4-19-11-8(12)5-7(6-9(11)13)20(14,17)18/h5-6H,2-4H2,1H3,(H,15,16). The Morgan fingerprint density at radius 1 is 1.30 bits per heavy atom. The molecule has 0 unspecified atom stereocenters. The average molecular weight is 361 g/mol. The van der Waals surface area contributed by atoms with E-state index in [-0.39, 0.29) is 33.2 Å². The zero-order chi connectivity index (χ0) is 15.3. The quantitative estimate of drug-likeness (QED) is 0.625. The van der Waals surface area contributed by atoms with E-state index >= 15 is 0 Å². The van der Waals surface area contributed by atoms with Crippen molar-refractivity contribution in [1.82, 2.24) is 5.32 Å². The molecule has 0 spiro atoms. The molecule has 0 radical (unpaired) electrons. The Labute approximate surface area is 131 Å². The van der Waals surface area contributed by atoms with Gasteiger partial charge in [0, 0.05) is 24.2 Å². The molecule has 0 fully saturated rings. The van der Waals surface area contributed by atoms with Crippen LogP contribution in [0.1, 0.15) is 12.8 Å². The SMILES string of the molecule is CNC(=O)CCCOc1c(Cl)cc(S(=O)(=O)Cl)cc1Cl. The third-order valence-electron chi connectivity index (χ3n) is 2.33. The number of hydrogen-bond donors (Lipinski definition) is 1. The number of halogens is 3. The maximum Gasteiger partial charge on any atom is 0.261 e. The van der Waals surface area contributed by atoms with Gasteiger partial charge in [-0.1, -0.05) is 23.2 Å². The molecule has 1 aromatic carbocycles. The van der Waals surface area contributed by atoms with Gasteiger partial charge in [0.1, 0.15) is 0 Å². The molecule has 0 saturated heterocycles. The average Bonchev–Trinajstić information content (AvgIpc) is 2.35. The van der Waals surface area contributed by atoms with Gasteiger partial charge in [-0.25, -0.2) is 8.42 Å². The van der Waals surface area contributed by atoms with E-state index in [2.05, 4.69) is 5.32 Å². The molecular weight excluding hydrogens is 349 g/mol. The third-order valence-corrected chi connectivity index (χ3v) is 4.22. The minimum atomic E-state index is -3.91. The molecule has 20 heavy (non-hydrogen) atoms. The number of nitrogens with one attached hydrogen (secondary N) is 1. The van der Waals surface area contributed by atoms with Crippen LogP contribution in [0.5, 0.6) is 5.75 Å². The van der Waals surface area contributed by atoms with Crippen LogP contribution in [-0.2, 0) is 13.8 Å². The Hall–Kier alpha value is -0.690. The predicted octanol–water partition coefficient (Wildman–Crippen LogP) is 2.83. The first-order valence-corrected chi connectivity index (χ1v) is 8.59. The van der Waals surface area contributed by atoms with Gasteiger partial charge in [-0.05, 0) is 18.6 Å². The molecule has 0 bridgehead atoms. The van der Waals surface area contributed by atoms with E-state index in [0.29, 0.717) is 12.8 Å². The highest BCUT2D eigenvalue weighted by atomic mass is 35.7. The lowest BCUT2D eigenvalue weighted by Crippen LogP contribution is -2.18. The first-order chi connectivity index (χ1) is 9.25. The van der Waals surface area contributed by atoms with Crippen LogP contribution in [0.15, 0.2) is 17.0 Å². The fourth-order valence-corrected chi connectivity index (χ4v) is 2.86. The van der Waals surface area contributed by atoms with Crippen molar-refractivity contribution in [2.24, 2.45) is 0 Å². The summed E-state index contributed by atoms with van der Waals surface area (Å²) in [5.41, 5.74) is 0. The van der Waals surface area contributed by atoms with Crippen molar-refractivity contribution in [2.45, 2.75) is 17.7 Å². The number of rotatable bonds is 6. The molecule has 5 nitrogen and oxygen atoms in total. The molecule has 0 atom stereocenters. The maximum absolute atomic E-state index is 11.2. The van der Waals surface area contributed by atoms with Crippen LogP contribution in [0.3, 0.4) is 0 Å². The summed E-state index contributed by atoms with van der Waals surface area (Å²) >= 11 is 11.8. The summed E-state index contributed by atoms with van der Waals surface area (Å²) in [6.45, 7) is 0.222. The second kappa shape index (κ2) is 7.36. The minimum Gasteiger partial charge on any atom is -0.490 e. The third kappa shape index (κ3) is 5.01. The molecule has 0 saturated carbocycles. The van der Waals surface area contributed by atoms with Crippen LogP contribution in [0.4, 0.5) is 0 Å². The van der Waals surface area contributed by atoms with Crippen molar-refractivity contribution in [3.05, 3.63) is 22.2 Å². The van der Waals surface area contributed by atoms with Gasteiger partial charge in [-0.15, -0.1) is 0 Å². The Morgan fingerprint density at radius 2 is 1.85 bits per heavy atom. The number of benzene rings is 1. The molecule has 0 aliphatic heterocycles. The monoisotopic (exact) mass is 359 g/mol. The molecule has 0 aromatic heterocycles. The second-order valence-corrected chi connectivity index (χ2v) is 7.16. The largest absolute Gasteiger partial charge is 0.490 e. The van der Waals surface area contributed by atoms with Crippen molar-refractivity contribution in [3.63, 3.8) is 0 Å².